The minimum Gasteiger partial charge on any atom is -0.493 e. The van der Waals surface area contributed by atoms with E-state index in [4.69, 9.17) is 14.5 Å². The predicted molar refractivity (Wildman–Crippen MR) is 130 cm³/mol. The molecule has 4 aromatic rings. The van der Waals surface area contributed by atoms with Crippen LogP contribution in [-0.4, -0.2) is 32.2 Å². The van der Waals surface area contributed by atoms with Gasteiger partial charge in [-0.2, -0.15) is 0 Å². The summed E-state index contributed by atoms with van der Waals surface area (Å²) >= 11 is 0. The van der Waals surface area contributed by atoms with Gasteiger partial charge in [0.25, 0.3) is 10.0 Å². The molecule has 0 atom stereocenters. The van der Waals surface area contributed by atoms with Crippen LogP contribution in [0.2, 0.25) is 0 Å². The molecule has 4 rings (SSSR count). The normalized spacial score (nSPS) is 11.5. The molecule has 0 saturated heterocycles. The van der Waals surface area contributed by atoms with Crippen LogP contribution in [0.25, 0.3) is 11.0 Å². The number of nitrogens with zero attached hydrogens (tertiary/aromatic N) is 2. The maximum Gasteiger partial charge on any atom is 0.262 e. The summed E-state index contributed by atoms with van der Waals surface area (Å²) in [5.74, 6) is 1.80. The van der Waals surface area contributed by atoms with Gasteiger partial charge in [-0.1, -0.05) is 30.3 Å². The Morgan fingerprint density at radius 3 is 2.39 bits per heavy atom. The number of hydrogen-bond donors (Lipinski definition) is 1. The van der Waals surface area contributed by atoms with Gasteiger partial charge >= 0.3 is 0 Å². The molecule has 0 unspecified atom stereocenters. The fourth-order valence-corrected chi connectivity index (χ4v) is 5.06. The topological polar surface area (TPSA) is 82.5 Å². The summed E-state index contributed by atoms with van der Waals surface area (Å²) in [5.41, 5.74) is 3.52. The maximum absolute atomic E-state index is 13.1. The molecular weight excluding hydrogens is 438 g/mol. The number of aromatic nitrogens is 2. The Hall–Kier alpha value is -3.52. The Balaban J connectivity index is 1.58. The first-order valence-corrected chi connectivity index (χ1v) is 12.2. The number of rotatable bonds is 9. The number of sulfonamides is 1. The van der Waals surface area contributed by atoms with Crippen molar-refractivity contribution in [3.05, 3.63) is 78.1 Å². The van der Waals surface area contributed by atoms with Crippen LogP contribution >= 0.6 is 0 Å². The van der Waals surface area contributed by atoms with Gasteiger partial charge in [0.15, 0.2) is 11.5 Å². The number of ether oxygens (including phenoxy) is 2. The van der Waals surface area contributed by atoms with Crippen LogP contribution in [0.5, 0.6) is 11.5 Å². The fourth-order valence-electron chi connectivity index (χ4n) is 3.94. The molecule has 0 bridgehead atoms. The monoisotopic (exact) mass is 465 g/mol. The first-order chi connectivity index (χ1) is 16.0. The van der Waals surface area contributed by atoms with Crippen molar-refractivity contribution in [1.82, 2.24) is 9.55 Å². The molecule has 33 heavy (non-hydrogen) atoms. The molecule has 0 fully saturated rings. The van der Waals surface area contributed by atoms with Gasteiger partial charge in [-0.3, -0.25) is 4.72 Å². The van der Waals surface area contributed by atoms with Crippen molar-refractivity contribution in [2.45, 2.75) is 31.2 Å². The summed E-state index contributed by atoms with van der Waals surface area (Å²) in [6, 6.07) is 20.0. The van der Waals surface area contributed by atoms with Crippen molar-refractivity contribution in [1.29, 1.82) is 0 Å². The lowest BCUT2D eigenvalue weighted by Crippen LogP contribution is -2.15. The summed E-state index contributed by atoms with van der Waals surface area (Å²) in [4.78, 5) is 4.88. The minimum atomic E-state index is -3.82. The van der Waals surface area contributed by atoms with Gasteiger partial charge in [0.05, 0.1) is 35.8 Å². The molecule has 8 heteroatoms. The Kier molecular flexibility index (Phi) is 6.55. The van der Waals surface area contributed by atoms with Crippen molar-refractivity contribution < 1.29 is 17.9 Å². The number of imidazole rings is 1. The molecule has 1 N–H and O–H groups in total. The van der Waals surface area contributed by atoms with Gasteiger partial charge in [0, 0.05) is 19.0 Å². The van der Waals surface area contributed by atoms with E-state index in [1.54, 1.807) is 12.1 Å². The van der Waals surface area contributed by atoms with Crippen LogP contribution in [0.1, 0.15) is 18.3 Å². The number of fused-ring (bicyclic) bond motifs is 1. The highest BCUT2D eigenvalue weighted by Crippen LogP contribution is 2.31. The van der Waals surface area contributed by atoms with Crippen molar-refractivity contribution in [2.75, 3.05) is 18.9 Å². The highest BCUT2D eigenvalue weighted by atomic mass is 32.2. The van der Waals surface area contributed by atoms with Crippen molar-refractivity contribution in [3.63, 3.8) is 0 Å². The zero-order valence-corrected chi connectivity index (χ0v) is 19.7. The van der Waals surface area contributed by atoms with Gasteiger partial charge in [0.1, 0.15) is 5.82 Å². The van der Waals surface area contributed by atoms with E-state index in [1.807, 2.05) is 36.4 Å². The van der Waals surface area contributed by atoms with Crippen LogP contribution in [0.3, 0.4) is 0 Å². The molecule has 1 aromatic heterocycles. The predicted octanol–water partition coefficient (Wildman–Crippen LogP) is 4.66. The molecule has 0 aliphatic carbocycles. The second-order valence-corrected chi connectivity index (χ2v) is 9.22. The third kappa shape index (κ3) is 4.66. The summed E-state index contributed by atoms with van der Waals surface area (Å²) < 4.78 is 41.6. The van der Waals surface area contributed by atoms with E-state index in [2.05, 4.69) is 22.3 Å². The molecule has 1 heterocycles. The van der Waals surface area contributed by atoms with E-state index >= 15 is 0 Å². The van der Waals surface area contributed by atoms with E-state index in [0.717, 1.165) is 29.0 Å². The number of anilines is 1. The summed E-state index contributed by atoms with van der Waals surface area (Å²) in [6.07, 6.45) is 1.34. The number of methoxy groups -OCH3 is 2. The molecule has 172 valence electrons. The molecule has 3 aromatic carbocycles. The summed E-state index contributed by atoms with van der Waals surface area (Å²) in [7, 11) is -0.836. The molecule has 0 radical (unpaired) electrons. The molecular formula is C25H27N3O4S. The first kappa shape index (κ1) is 22.7. The zero-order chi connectivity index (χ0) is 23.4. The van der Waals surface area contributed by atoms with Gasteiger partial charge in [0.2, 0.25) is 0 Å². The highest BCUT2D eigenvalue weighted by Gasteiger charge is 2.19. The molecule has 7 nitrogen and oxygen atoms in total. The van der Waals surface area contributed by atoms with Crippen molar-refractivity contribution in [3.8, 4) is 11.5 Å². The lowest BCUT2D eigenvalue weighted by Gasteiger charge is -2.14. The number of hydrogen-bond acceptors (Lipinski definition) is 5. The Bertz CT molecular complexity index is 1380. The molecule has 0 amide bonds. The maximum atomic E-state index is 13.1. The number of aryl methyl sites for hydroxylation is 3. The van der Waals surface area contributed by atoms with Gasteiger partial charge in [-0.05, 0) is 49.2 Å². The number of nitrogens with one attached hydrogen (secondary N) is 1. The van der Waals surface area contributed by atoms with E-state index in [9.17, 15) is 8.42 Å². The highest BCUT2D eigenvalue weighted by molar-refractivity contribution is 7.92. The molecule has 0 aliphatic rings. The van der Waals surface area contributed by atoms with Gasteiger partial charge < -0.3 is 14.0 Å². The second kappa shape index (κ2) is 9.54. The Labute approximate surface area is 194 Å². The van der Waals surface area contributed by atoms with E-state index in [0.29, 0.717) is 30.0 Å². The average molecular weight is 466 g/mol. The third-order valence-corrected chi connectivity index (χ3v) is 6.96. The van der Waals surface area contributed by atoms with Crippen LogP contribution in [0.4, 0.5) is 5.69 Å². The summed E-state index contributed by atoms with van der Waals surface area (Å²) in [5, 5.41) is 0. The fraction of sp³-hybridized carbons (Fsp3) is 0.240. The zero-order valence-electron chi connectivity index (χ0n) is 18.9. The van der Waals surface area contributed by atoms with Gasteiger partial charge in [-0.25, -0.2) is 13.4 Å². The first-order valence-electron chi connectivity index (χ1n) is 10.7. The number of para-hydroxylation sites is 3. The van der Waals surface area contributed by atoms with Crippen LogP contribution < -0.4 is 14.2 Å². The quantitative estimate of drug-likeness (QED) is 0.389. The molecule has 0 saturated carbocycles. The van der Waals surface area contributed by atoms with Crippen molar-refractivity contribution >= 4 is 26.7 Å². The van der Waals surface area contributed by atoms with Gasteiger partial charge in [-0.15, -0.1) is 0 Å². The average Bonchev–Trinajstić information content (AvgIpc) is 3.20. The lowest BCUT2D eigenvalue weighted by molar-refractivity contribution is 0.354. The van der Waals surface area contributed by atoms with Crippen LogP contribution in [-0.2, 0) is 29.4 Å². The van der Waals surface area contributed by atoms with E-state index in [-0.39, 0.29) is 4.90 Å². The van der Waals surface area contributed by atoms with E-state index < -0.39 is 10.0 Å². The second-order valence-electron chi connectivity index (χ2n) is 7.54. The molecule has 0 spiro atoms. The molecule has 0 aliphatic heterocycles. The van der Waals surface area contributed by atoms with Crippen molar-refractivity contribution in [2.24, 2.45) is 0 Å². The smallest absolute Gasteiger partial charge is 0.262 e. The standard InChI is InChI=1S/C25H27N3O4S/c1-4-28-22-12-8-7-11-21(22)26-25(28)16-13-18-9-5-6-10-20(18)27-33(29,30)19-14-15-23(31-2)24(17-19)32-3/h5-12,14-15,17,27H,4,13,16H2,1-3H3. The van der Waals surface area contributed by atoms with Crippen LogP contribution in [0, 0.1) is 0 Å². The minimum absolute atomic E-state index is 0.0997. The summed E-state index contributed by atoms with van der Waals surface area (Å²) in [6.45, 7) is 2.92. The Morgan fingerprint density at radius 2 is 1.64 bits per heavy atom. The van der Waals surface area contributed by atoms with E-state index in [1.165, 1.54) is 26.4 Å². The number of benzene rings is 3. The SMILES string of the molecule is CCn1c(CCc2ccccc2NS(=O)(=O)c2ccc(OC)c(OC)c2)nc2ccccc21. The largest absolute Gasteiger partial charge is 0.493 e. The lowest BCUT2D eigenvalue weighted by atomic mass is 10.1. The Morgan fingerprint density at radius 1 is 0.909 bits per heavy atom. The van der Waals surface area contributed by atoms with Crippen LogP contribution in [0.15, 0.2) is 71.6 Å². The third-order valence-electron chi connectivity index (χ3n) is 5.59.